The van der Waals surface area contributed by atoms with E-state index in [1.54, 1.807) is 0 Å². The highest BCUT2D eigenvalue weighted by molar-refractivity contribution is 9.10. The van der Waals surface area contributed by atoms with Gasteiger partial charge in [-0.2, -0.15) is 0 Å². The minimum Gasteiger partial charge on any atom is -0.368 e. The molecule has 5 heteroatoms. The van der Waals surface area contributed by atoms with Crippen molar-refractivity contribution in [3.8, 4) is 0 Å². The Labute approximate surface area is 125 Å². The summed E-state index contributed by atoms with van der Waals surface area (Å²) in [4.78, 5) is 14.5. The Bertz CT molecular complexity index is 459. The van der Waals surface area contributed by atoms with Crippen molar-refractivity contribution in [2.75, 3.05) is 18.9 Å². The van der Waals surface area contributed by atoms with E-state index < -0.39 is 0 Å². The summed E-state index contributed by atoms with van der Waals surface area (Å²) >= 11 is 5.28. The Morgan fingerprint density at radius 1 is 1.37 bits per heavy atom. The molecule has 3 nitrogen and oxygen atoms in total. The Balaban J connectivity index is 1.77. The first-order valence-electron chi connectivity index (χ1n) is 6.55. The van der Waals surface area contributed by atoms with Gasteiger partial charge in [-0.1, -0.05) is 28.1 Å². The van der Waals surface area contributed by atoms with Crippen LogP contribution < -0.4 is 0 Å². The first-order chi connectivity index (χ1) is 9.25. The Hall–Kier alpha value is -0.520. The summed E-state index contributed by atoms with van der Waals surface area (Å²) < 4.78 is 6.59. The van der Waals surface area contributed by atoms with Gasteiger partial charge in [-0.15, -0.1) is 11.8 Å². The van der Waals surface area contributed by atoms with Crippen LogP contribution in [0.5, 0.6) is 0 Å². The number of carbonyl (C=O) groups is 1. The number of ether oxygens (including phenoxy) is 1. The molecular weight excluding hydrogens is 326 g/mol. The van der Waals surface area contributed by atoms with E-state index >= 15 is 0 Å². The number of amides is 1. The minimum atomic E-state index is -0.211. The monoisotopic (exact) mass is 341 g/mol. The molecule has 0 radical (unpaired) electrons. The van der Waals surface area contributed by atoms with Crippen molar-refractivity contribution in [3.05, 3.63) is 34.3 Å². The smallest absolute Gasteiger partial charge is 0.252 e. The van der Waals surface area contributed by atoms with Crippen molar-refractivity contribution in [1.82, 2.24) is 4.90 Å². The van der Waals surface area contributed by atoms with E-state index in [0.29, 0.717) is 0 Å². The molecule has 0 aliphatic carbocycles. The number of carbonyl (C=O) groups excluding carboxylic acids is 1. The lowest BCUT2D eigenvalue weighted by Crippen LogP contribution is -2.38. The van der Waals surface area contributed by atoms with Gasteiger partial charge in [-0.25, -0.2) is 0 Å². The third kappa shape index (κ3) is 2.83. The Morgan fingerprint density at radius 2 is 2.16 bits per heavy atom. The second-order valence-corrected chi connectivity index (χ2v) is 6.91. The van der Waals surface area contributed by atoms with Crippen molar-refractivity contribution < 1.29 is 9.53 Å². The number of thioether (sulfide) groups is 1. The quantitative estimate of drug-likeness (QED) is 0.827. The molecule has 2 heterocycles. The van der Waals surface area contributed by atoms with Crippen molar-refractivity contribution in [1.29, 1.82) is 0 Å². The summed E-state index contributed by atoms with van der Waals surface area (Å²) in [6, 6.07) is 8.23. The van der Waals surface area contributed by atoms with Crippen LogP contribution in [0.2, 0.25) is 0 Å². The second kappa shape index (κ2) is 5.85. The van der Waals surface area contributed by atoms with E-state index in [0.717, 1.165) is 36.2 Å². The molecule has 0 saturated carbocycles. The molecule has 2 saturated heterocycles. The summed E-state index contributed by atoms with van der Waals surface area (Å²) in [5.41, 5.74) is 1.19. The molecule has 2 aliphatic rings. The third-order valence-electron chi connectivity index (χ3n) is 3.53. The van der Waals surface area contributed by atoms with E-state index in [4.69, 9.17) is 4.74 Å². The standard InChI is InChI=1S/C14H16BrNO2S/c15-11-5-3-10(4-6-11)14-16(7-9-19-14)13(17)12-2-1-8-18-12/h3-6,12,14H,1-2,7-9H2. The summed E-state index contributed by atoms with van der Waals surface area (Å²) in [6.45, 7) is 1.55. The molecule has 102 valence electrons. The first kappa shape index (κ1) is 13.5. The van der Waals surface area contributed by atoms with Crippen LogP contribution in [0.25, 0.3) is 0 Å². The Kier molecular flexibility index (Phi) is 4.15. The average Bonchev–Trinajstić information content (AvgIpc) is 3.10. The van der Waals surface area contributed by atoms with Crippen LogP contribution in [0, 0.1) is 0 Å². The lowest BCUT2D eigenvalue weighted by atomic mass is 10.1. The number of benzene rings is 1. The summed E-state index contributed by atoms with van der Waals surface area (Å²) in [5, 5.41) is 0.143. The lowest BCUT2D eigenvalue weighted by Gasteiger charge is -2.26. The molecule has 2 atom stereocenters. The number of nitrogens with zero attached hydrogens (tertiary/aromatic N) is 1. The van der Waals surface area contributed by atoms with Crippen LogP contribution in [0.15, 0.2) is 28.7 Å². The summed E-state index contributed by atoms with van der Waals surface area (Å²) in [7, 11) is 0. The van der Waals surface area contributed by atoms with Crippen LogP contribution >= 0.6 is 27.7 Å². The SMILES string of the molecule is O=C(C1CCCO1)N1CCSC1c1ccc(Br)cc1. The van der Waals surface area contributed by atoms with Crippen LogP contribution in [0.3, 0.4) is 0 Å². The second-order valence-electron chi connectivity index (χ2n) is 4.81. The molecule has 0 bridgehead atoms. The van der Waals surface area contributed by atoms with E-state index in [9.17, 15) is 4.79 Å². The zero-order valence-corrected chi connectivity index (χ0v) is 13.0. The molecule has 2 aliphatic heterocycles. The highest BCUT2D eigenvalue weighted by Gasteiger charge is 2.36. The maximum atomic E-state index is 12.5. The van der Waals surface area contributed by atoms with E-state index in [-0.39, 0.29) is 17.4 Å². The van der Waals surface area contributed by atoms with Crippen LogP contribution in [0.1, 0.15) is 23.8 Å². The highest BCUT2D eigenvalue weighted by atomic mass is 79.9. The van der Waals surface area contributed by atoms with Crippen molar-refractivity contribution in [2.24, 2.45) is 0 Å². The van der Waals surface area contributed by atoms with Gasteiger partial charge in [-0.3, -0.25) is 4.79 Å². The van der Waals surface area contributed by atoms with Gasteiger partial charge < -0.3 is 9.64 Å². The number of rotatable bonds is 2. The van der Waals surface area contributed by atoms with Gasteiger partial charge in [-0.05, 0) is 30.5 Å². The van der Waals surface area contributed by atoms with Gasteiger partial charge in [0, 0.05) is 23.4 Å². The predicted molar refractivity (Wildman–Crippen MR) is 80.0 cm³/mol. The summed E-state index contributed by atoms with van der Waals surface area (Å²) in [6.07, 6.45) is 1.66. The van der Waals surface area contributed by atoms with Crippen LogP contribution in [0.4, 0.5) is 0 Å². The minimum absolute atomic E-state index is 0.143. The Morgan fingerprint density at radius 3 is 2.84 bits per heavy atom. The molecule has 1 amide bonds. The molecule has 3 rings (SSSR count). The maximum absolute atomic E-state index is 12.5. The highest BCUT2D eigenvalue weighted by Crippen LogP contribution is 2.39. The normalized spacial score (nSPS) is 26.9. The summed E-state index contributed by atoms with van der Waals surface area (Å²) in [5.74, 6) is 1.16. The van der Waals surface area contributed by atoms with Crippen LogP contribution in [-0.2, 0) is 9.53 Å². The number of hydrogen-bond acceptors (Lipinski definition) is 3. The van der Waals surface area contributed by atoms with E-state index in [2.05, 4.69) is 28.1 Å². The topological polar surface area (TPSA) is 29.5 Å². The molecule has 1 aromatic carbocycles. The zero-order chi connectivity index (χ0) is 13.2. The molecule has 2 unspecified atom stereocenters. The van der Waals surface area contributed by atoms with Crippen molar-refractivity contribution in [2.45, 2.75) is 24.3 Å². The lowest BCUT2D eigenvalue weighted by molar-refractivity contribution is -0.141. The number of hydrogen-bond donors (Lipinski definition) is 0. The van der Waals surface area contributed by atoms with Gasteiger partial charge in [0.15, 0.2) is 0 Å². The van der Waals surface area contributed by atoms with E-state index in [1.165, 1.54) is 5.56 Å². The van der Waals surface area contributed by atoms with Gasteiger partial charge >= 0.3 is 0 Å². The molecule has 2 fully saturated rings. The fraction of sp³-hybridized carbons (Fsp3) is 0.500. The molecule has 19 heavy (non-hydrogen) atoms. The molecule has 0 spiro atoms. The van der Waals surface area contributed by atoms with Gasteiger partial charge in [0.25, 0.3) is 5.91 Å². The first-order valence-corrected chi connectivity index (χ1v) is 8.39. The van der Waals surface area contributed by atoms with Gasteiger partial charge in [0.1, 0.15) is 11.5 Å². The average molecular weight is 342 g/mol. The molecule has 0 aromatic heterocycles. The zero-order valence-electron chi connectivity index (χ0n) is 10.5. The predicted octanol–water partition coefficient (Wildman–Crippen LogP) is 3.20. The number of halogens is 1. The van der Waals surface area contributed by atoms with Gasteiger partial charge in [0.05, 0.1) is 0 Å². The third-order valence-corrected chi connectivity index (χ3v) is 5.32. The maximum Gasteiger partial charge on any atom is 0.252 e. The van der Waals surface area contributed by atoms with Crippen molar-refractivity contribution in [3.63, 3.8) is 0 Å². The van der Waals surface area contributed by atoms with E-state index in [1.807, 2.05) is 28.8 Å². The molecule has 1 aromatic rings. The van der Waals surface area contributed by atoms with Crippen LogP contribution in [-0.4, -0.2) is 35.8 Å². The fourth-order valence-corrected chi connectivity index (χ4v) is 4.09. The molecule has 0 N–H and O–H groups in total. The van der Waals surface area contributed by atoms with Crippen molar-refractivity contribution >= 4 is 33.6 Å². The van der Waals surface area contributed by atoms with Gasteiger partial charge in [0.2, 0.25) is 0 Å². The fourth-order valence-electron chi connectivity index (χ4n) is 2.56. The molecular formula is C14H16BrNO2S. The largest absolute Gasteiger partial charge is 0.368 e.